The molecule has 0 aromatic heterocycles. The van der Waals surface area contributed by atoms with Crippen molar-refractivity contribution >= 4 is 61.2 Å². The predicted molar refractivity (Wildman–Crippen MR) is 129 cm³/mol. The summed E-state index contributed by atoms with van der Waals surface area (Å²) < 4.78 is 24.2. The van der Waals surface area contributed by atoms with Crippen molar-refractivity contribution < 1.29 is 18.0 Å². The van der Waals surface area contributed by atoms with Gasteiger partial charge in [-0.2, -0.15) is 0 Å². The van der Waals surface area contributed by atoms with Crippen LogP contribution in [0.3, 0.4) is 0 Å². The lowest BCUT2D eigenvalue weighted by Gasteiger charge is -2.21. The van der Waals surface area contributed by atoms with Crippen LogP contribution >= 0.6 is 24.0 Å². The zero-order valence-corrected chi connectivity index (χ0v) is 20.0. The largest absolute Gasteiger partial charge is 0.308 e. The molecule has 0 saturated carbocycles. The van der Waals surface area contributed by atoms with E-state index in [1.54, 1.807) is 4.90 Å². The topological polar surface area (TPSA) is 74.8 Å². The highest BCUT2D eigenvalue weighted by Crippen LogP contribution is 2.45. The highest BCUT2D eigenvalue weighted by molar-refractivity contribution is 8.26. The molecule has 1 aromatic carbocycles. The Labute approximate surface area is 193 Å². The number of carbonyl (C=O) groups is 2. The average Bonchev–Trinajstić information content (AvgIpc) is 3.32. The van der Waals surface area contributed by atoms with Gasteiger partial charge in [-0.1, -0.05) is 74.8 Å². The number of nitrogens with zero attached hydrogens (tertiary/aromatic N) is 2. The maximum Gasteiger partial charge on any atom is 0.267 e. The molecule has 6 nitrogen and oxygen atoms in total. The molecule has 2 saturated heterocycles. The average molecular weight is 479 g/mol. The van der Waals surface area contributed by atoms with Crippen molar-refractivity contribution in [3.05, 3.63) is 34.7 Å². The minimum absolute atomic E-state index is 0.0637. The van der Waals surface area contributed by atoms with E-state index in [-0.39, 0.29) is 23.3 Å². The number of benzene rings is 1. The van der Waals surface area contributed by atoms with E-state index in [1.807, 2.05) is 24.3 Å². The van der Waals surface area contributed by atoms with Gasteiger partial charge in [0, 0.05) is 12.1 Å². The molecular formula is C22H26N2O4S3. The molecule has 1 aromatic rings. The molecule has 1 unspecified atom stereocenters. The fourth-order valence-corrected chi connectivity index (χ4v) is 7.59. The minimum Gasteiger partial charge on any atom is -0.308 e. The number of fused-ring (bicyclic) bond motifs is 1. The Morgan fingerprint density at radius 3 is 2.55 bits per heavy atom. The lowest BCUT2D eigenvalue weighted by molar-refractivity contribution is -0.123. The number of hydrogen-bond acceptors (Lipinski definition) is 6. The summed E-state index contributed by atoms with van der Waals surface area (Å²) in [5.74, 6) is -0.527. The van der Waals surface area contributed by atoms with Crippen LogP contribution in [0, 0.1) is 0 Å². The monoisotopic (exact) mass is 478 g/mol. The quantitative estimate of drug-likeness (QED) is 0.337. The van der Waals surface area contributed by atoms with Crippen molar-refractivity contribution in [2.45, 2.75) is 51.5 Å². The standard InChI is InChI=1S/C22H26N2O4S3/c1-2-3-4-5-8-12-23-17-10-7-6-9-16(17)18(20(23)25)19-21(26)24(22(29)30-19)15-11-13-31(27,28)14-15/h6-7,9-10,15H,2-5,8,11-14H2,1H3/b19-18-. The van der Waals surface area contributed by atoms with Crippen LogP contribution in [0.1, 0.15) is 51.0 Å². The molecular weight excluding hydrogens is 452 g/mol. The van der Waals surface area contributed by atoms with Crippen molar-refractivity contribution in [1.82, 2.24) is 4.90 Å². The van der Waals surface area contributed by atoms with Crippen LogP contribution in [0.2, 0.25) is 0 Å². The van der Waals surface area contributed by atoms with Gasteiger partial charge in [-0.3, -0.25) is 14.5 Å². The number of amides is 2. The van der Waals surface area contributed by atoms with Crippen LogP contribution < -0.4 is 4.90 Å². The number of unbranched alkanes of at least 4 members (excludes halogenated alkanes) is 4. The maximum absolute atomic E-state index is 13.4. The SMILES string of the molecule is CCCCCCCN1C(=O)/C(=C2\SC(=S)N(C3CCS(=O)(=O)C3)C2=O)c2ccccc21. The van der Waals surface area contributed by atoms with Gasteiger partial charge in [-0.25, -0.2) is 8.42 Å². The first-order valence-corrected chi connectivity index (χ1v) is 13.8. The molecule has 9 heteroatoms. The highest BCUT2D eigenvalue weighted by Gasteiger charge is 2.46. The summed E-state index contributed by atoms with van der Waals surface area (Å²) in [5.41, 5.74) is 1.97. The molecule has 2 amide bonds. The summed E-state index contributed by atoms with van der Waals surface area (Å²) in [4.78, 5) is 30.2. The van der Waals surface area contributed by atoms with Gasteiger partial charge in [-0.15, -0.1) is 0 Å². The Bertz CT molecular complexity index is 1060. The highest BCUT2D eigenvalue weighted by atomic mass is 32.2. The number of hydrogen-bond donors (Lipinski definition) is 0. The van der Waals surface area contributed by atoms with Gasteiger partial charge >= 0.3 is 0 Å². The van der Waals surface area contributed by atoms with E-state index in [0.29, 0.717) is 27.8 Å². The second-order valence-corrected chi connectivity index (χ2v) is 12.1. The number of sulfone groups is 1. The fraction of sp³-hybridized carbons (Fsp3) is 0.500. The van der Waals surface area contributed by atoms with E-state index in [1.165, 1.54) is 17.7 Å². The van der Waals surface area contributed by atoms with Gasteiger partial charge in [0.2, 0.25) is 0 Å². The van der Waals surface area contributed by atoms with E-state index >= 15 is 0 Å². The third-order valence-electron chi connectivity index (χ3n) is 6.01. The number of thiocarbonyl (C=S) groups is 1. The molecule has 3 aliphatic rings. The van der Waals surface area contributed by atoms with E-state index in [9.17, 15) is 18.0 Å². The van der Waals surface area contributed by atoms with Gasteiger partial charge in [-0.05, 0) is 18.9 Å². The first kappa shape index (κ1) is 22.5. The van der Waals surface area contributed by atoms with Gasteiger partial charge < -0.3 is 4.90 Å². The molecule has 0 N–H and O–H groups in total. The Morgan fingerprint density at radius 2 is 1.84 bits per heavy atom. The molecule has 31 heavy (non-hydrogen) atoms. The summed E-state index contributed by atoms with van der Waals surface area (Å²) in [7, 11) is -3.16. The Balaban J connectivity index is 1.62. The van der Waals surface area contributed by atoms with Crippen molar-refractivity contribution in [3.63, 3.8) is 0 Å². The molecule has 0 aliphatic carbocycles. The number of para-hydroxylation sites is 1. The van der Waals surface area contributed by atoms with E-state index in [4.69, 9.17) is 12.2 Å². The van der Waals surface area contributed by atoms with Crippen molar-refractivity contribution in [2.75, 3.05) is 23.0 Å². The zero-order chi connectivity index (χ0) is 22.2. The van der Waals surface area contributed by atoms with Crippen molar-refractivity contribution in [3.8, 4) is 0 Å². The van der Waals surface area contributed by atoms with Crippen molar-refractivity contribution in [1.29, 1.82) is 0 Å². The number of carbonyl (C=O) groups excluding carboxylic acids is 2. The third kappa shape index (κ3) is 4.32. The van der Waals surface area contributed by atoms with E-state index < -0.39 is 15.9 Å². The molecule has 4 rings (SSSR count). The normalized spacial score (nSPS) is 25.1. The number of rotatable bonds is 7. The van der Waals surface area contributed by atoms with Gasteiger partial charge in [0.05, 0.1) is 33.7 Å². The lowest BCUT2D eigenvalue weighted by Crippen LogP contribution is -2.39. The Kier molecular flexibility index (Phi) is 6.55. The molecule has 1 atom stereocenters. The van der Waals surface area contributed by atoms with Crippen LogP contribution in [0.25, 0.3) is 5.57 Å². The molecule has 0 spiro atoms. The van der Waals surface area contributed by atoms with Crippen LogP contribution in [0.15, 0.2) is 29.2 Å². The van der Waals surface area contributed by atoms with Gasteiger partial charge in [0.15, 0.2) is 9.84 Å². The van der Waals surface area contributed by atoms with Crippen LogP contribution in [-0.4, -0.2) is 53.5 Å². The van der Waals surface area contributed by atoms with Gasteiger partial charge in [0.1, 0.15) is 4.32 Å². The van der Waals surface area contributed by atoms with E-state index in [2.05, 4.69) is 6.92 Å². The Morgan fingerprint density at radius 1 is 1.10 bits per heavy atom. The van der Waals surface area contributed by atoms with Crippen LogP contribution in [-0.2, 0) is 19.4 Å². The molecule has 0 radical (unpaired) electrons. The molecule has 166 valence electrons. The summed E-state index contributed by atoms with van der Waals surface area (Å²) >= 11 is 6.55. The smallest absolute Gasteiger partial charge is 0.267 e. The summed E-state index contributed by atoms with van der Waals surface area (Å²) in [6.07, 6.45) is 5.86. The molecule has 2 fully saturated rings. The summed E-state index contributed by atoms with van der Waals surface area (Å²) in [5, 5.41) is 0. The number of anilines is 1. The minimum atomic E-state index is -3.16. The predicted octanol–water partition coefficient (Wildman–Crippen LogP) is 3.76. The zero-order valence-electron chi connectivity index (χ0n) is 17.5. The van der Waals surface area contributed by atoms with Crippen LogP contribution in [0.5, 0.6) is 0 Å². The Hall–Kier alpha value is -1.71. The maximum atomic E-state index is 13.4. The first-order valence-electron chi connectivity index (χ1n) is 10.8. The fourth-order valence-electron chi connectivity index (χ4n) is 4.42. The van der Waals surface area contributed by atoms with Crippen molar-refractivity contribution in [2.24, 2.45) is 0 Å². The molecule has 0 bridgehead atoms. The van der Waals surface area contributed by atoms with Crippen LogP contribution in [0.4, 0.5) is 5.69 Å². The third-order valence-corrected chi connectivity index (χ3v) is 9.16. The molecule has 3 heterocycles. The summed E-state index contributed by atoms with van der Waals surface area (Å²) in [6, 6.07) is 7.09. The number of thioether (sulfide) groups is 1. The second kappa shape index (κ2) is 9.03. The lowest BCUT2D eigenvalue weighted by atomic mass is 10.1. The van der Waals surface area contributed by atoms with E-state index in [0.717, 1.165) is 42.3 Å². The second-order valence-electron chi connectivity index (χ2n) is 8.19. The molecule has 3 aliphatic heterocycles. The summed E-state index contributed by atoms with van der Waals surface area (Å²) in [6.45, 7) is 2.79. The van der Waals surface area contributed by atoms with Gasteiger partial charge in [0.25, 0.3) is 11.8 Å². The first-order chi connectivity index (χ1) is 14.8.